The fraction of sp³-hybridized carbons (Fsp3) is 0.385. The lowest BCUT2D eigenvalue weighted by molar-refractivity contribution is 0.610. The van der Waals surface area contributed by atoms with Crippen molar-refractivity contribution in [2.45, 2.75) is 32.5 Å². The predicted octanol–water partition coefficient (Wildman–Crippen LogP) is 3.79. The Kier molecular flexibility index (Phi) is 2.60. The van der Waals surface area contributed by atoms with Crippen molar-refractivity contribution in [1.82, 2.24) is 0 Å². The third-order valence-electron chi connectivity index (χ3n) is 2.76. The smallest absolute Gasteiger partial charge is 0.136 e. The molecule has 0 aliphatic heterocycles. The van der Waals surface area contributed by atoms with Gasteiger partial charge >= 0.3 is 0 Å². The Hall–Kier alpha value is -1.18. The zero-order chi connectivity index (χ0) is 11.0. The Bertz CT molecular complexity index is 468. The SMILES string of the molecule is [B]C(C)c1cc(C(C)C)cc2ccoc12. The molecular weight excluding hydrogens is 183 g/mol. The topological polar surface area (TPSA) is 13.1 Å². The highest BCUT2D eigenvalue weighted by atomic mass is 16.3. The molecule has 2 rings (SSSR count). The molecule has 0 amide bonds. The molecule has 15 heavy (non-hydrogen) atoms. The summed E-state index contributed by atoms with van der Waals surface area (Å²) in [5.74, 6) is 0.527. The molecule has 1 aromatic heterocycles. The van der Waals surface area contributed by atoms with Crippen LogP contribution in [0.5, 0.6) is 0 Å². The van der Waals surface area contributed by atoms with Crippen LogP contribution in [0.15, 0.2) is 28.9 Å². The van der Waals surface area contributed by atoms with Gasteiger partial charge in [0.25, 0.3) is 0 Å². The fourth-order valence-corrected chi connectivity index (χ4v) is 1.81. The molecule has 1 heterocycles. The summed E-state index contributed by atoms with van der Waals surface area (Å²) in [6.45, 7) is 6.36. The first kappa shape index (κ1) is 10.3. The second-order valence-corrected chi connectivity index (χ2v) is 4.39. The van der Waals surface area contributed by atoms with E-state index >= 15 is 0 Å². The zero-order valence-electron chi connectivity index (χ0n) is 9.45. The molecule has 76 valence electrons. The summed E-state index contributed by atoms with van der Waals surface area (Å²) in [4.78, 5) is 0. The van der Waals surface area contributed by atoms with E-state index in [4.69, 9.17) is 12.3 Å². The van der Waals surface area contributed by atoms with Gasteiger partial charge in [0, 0.05) is 5.39 Å². The lowest BCUT2D eigenvalue weighted by Crippen LogP contribution is -1.96. The normalized spacial score (nSPS) is 13.6. The number of rotatable bonds is 2. The summed E-state index contributed by atoms with van der Waals surface area (Å²) in [6.07, 6.45) is 1.72. The fourth-order valence-electron chi connectivity index (χ4n) is 1.81. The van der Waals surface area contributed by atoms with E-state index in [0.717, 1.165) is 16.5 Å². The van der Waals surface area contributed by atoms with Crippen LogP contribution >= 0.6 is 0 Å². The summed E-state index contributed by atoms with van der Waals surface area (Å²) in [6, 6.07) is 6.32. The monoisotopic (exact) mass is 198 g/mol. The molecule has 2 radical (unpaired) electrons. The zero-order valence-corrected chi connectivity index (χ0v) is 9.45. The summed E-state index contributed by atoms with van der Waals surface area (Å²) in [7, 11) is 5.95. The maximum atomic E-state index is 5.95. The van der Waals surface area contributed by atoms with Crippen molar-refractivity contribution in [1.29, 1.82) is 0 Å². The van der Waals surface area contributed by atoms with Crippen LogP contribution in [-0.4, -0.2) is 7.85 Å². The first-order valence-electron chi connectivity index (χ1n) is 5.36. The molecule has 1 nitrogen and oxygen atoms in total. The third kappa shape index (κ3) is 1.81. The highest BCUT2D eigenvalue weighted by molar-refractivity contribution is 6.13. The quantitative estimate of drug-likeness (QED) is 0.669. The summed E-state index contributed by atoms with van der Waals surface area (Å²) < 4.78 is 5.47. The van der Waals surface area contributed by atoms with E-state index in [1.54, 1.807) is 6.26 Å². The van der Waals surface area contributed by atoms with E-state index in [1.807, 2.05) is 13.0 Å². The van der Waals surface area contributed by atoms with Crippen LogP contribution in [0.3, 0.4) is 0 Å². The molecule has 2 heteroatoms. The Morgan fingerprint density at radius 3 is 2.53 bits per heavy atom. The molecule has 0 N–H and O–H groups in total. The summed E-state index contributed by atoms with van der Waals surface area (Å²) in [5.41, 5.74) is 3.34. The lowest BCUT2D eigenvalue weighted by atomic mass is 9.81. The van der Waals surface area contributed by atoms with Crippen LogP contribution in [0, 0.1) is 0 Å². The highest BCUT2D eigenvalue weighted by Gasteiger charge is 2.11. The van der Waals surface area contributed by atoms with Crippen molar-refractivity contribution in [2.75, 3.05) is 0 Å². The van der Waals surface area contributed by atoms with Crippen LogP contribution in [-0.2, 0) is 0 Å². The molecular formula is C13H15BO. The van der Waals surface area contributed by atoms with Crippen LogP contribution in [0.1, 0.15) is 43.6 Å². The van der Waals surface area contributed by atoms with Gasteiger partial charge in [-0.15, -0.1) is 0 Å². The number of hydrogen-bond acceptors (Lipinski definition) is 1. The number of fused-ring (bicyclic) bond motifs is 1. The maximum absolute atomic E-state index is 5.95. The second-order valence-electron chi connectivity index (χ2n) is 4.39. The van der Waals surface area contributed by atoms with Crippen molar-refractivity contribution in [3.8, 4) is 0 Å². The van der Waals surface area contributed by atoms with E-state index in [-0.39, 0.29) is 5.82 Å². The van der Waals surface area contributed by atoms with Crippen LogP contribution in [0.2, 0.25) is 0 Å². The van der Waals surface area contributed by atoms with E-state index in [9.17, 15) is 0 Å². The van der Waals surface area contributed by atoms with Crippen molar-refractivity contribution < 1.29 is 4.42 Å². The van der Waals surface area contributed by atoms with Gasteiger partial charge in [-0.3, -0.25) is 0 Å². The number of furan rings is 1. The third-order valence-corrected chi connectivity index (χ3v) is 2.76. The summed E-state index contributed by atoms with van der Waals surface area (Å²) in [5, 5.41) is 1.15. The molecule has 1 atom stereocenters. The van der Waals surface area contributed by atoms with Crippen molar-refractivity contribution in [3.05, 3.63) is 35.6 Å². The van der Waals surface area contributed by atoms with Gasteiger partial charge in [-0.2, -0.15) is 0 Å². The van der Waals surface area contributed by atoms with Crippen molar-refractivity contribution in [2.24, 2.45) is 0 Å². The van der Waals surface area contributed by atoms with E-state index in [2.05, 4.69) is 26.0 Å². The van der Waals surface area contributed by atoms with Gasteiger partial charge in [-0.25, -0.2) is 0 Å². The van der Waals surface area contributed by atoms with E-state index < -0.39 is 0 Å². The van der Waals surface area contributed by atoms with Crippen LogP contribution < -0.4 is 0 Å². The molecule has 0 aliphatic rings. The minimum absolute atomic E-state index is 0.0114. The minimum Gasteiger partial charge on any atom is -0.464 e. The van der Waals surface area contributed by atoms with Gasteiger partial charge in [0.15, 0.2) is 0 Å². The largest absolute Gasteiger partial charge is 0.464 e. The molecule has 0 aliphatic carbocycles. The van der Waals surface area contributed by atoms with Gasteiger partial charge in [0.2, 0.25) is 0 Å². The first-order chi connectivity index (χ1) is 7.09. The Labute approximate surface area is 91.9 Å². The summed E-state index contributed by atoms with van der Waals surface area (Å²) >= 11 is 0. The van der Waals surface area contributed by atoms with Gasteiger partial charge in [0.05, 0.1) is 14.1 Å². The Morgan fingerprint density at radius 1 is 1.20 bits per heavy atom. The maximum Gasteiger partial charge on any atom is 0.136 e. The average Bonchev–Trinajstić information content (AvgIpc) is 2.62. The van der Waals surface area contributed by atoms with Gasteiger partial charge in [-0.05, 0) is 29.2 Å². The molecule has 1 aromatic carbocycles. The average molecular weight is 198 g/mol. The standard InChI is InChI=1S/C13H15BO/c1-8(2)11-6-10-4-5-15-13(10)12(7-11)9(3)14/h4-9H,1-3H3. The molecule has 0 bridgehead atoms. The molecule has 0 spiro atoms. The van der Waals surface area contributed by atoms with Crippen molar-refractivity contribution >= 4 is 18.8 Å². The van der Waals surface area contributed by atoms with Crippen LogP contribution in [0.25, 0.3) is 11.0 Å². The Morgan fingerprint density at radius 2 is 1.93 bits per heavy atom. The van der Waals surface area contributed by atoms with Crippen LogP contribution in [0.4, 0.5) is 0 Å². The van der Waals surface area contributed by atoms with Gasteiger partial charge < -0.3 is 4.42 Å². The second kappa shape index (κ2) is 3.76. The number of hydrogen-bond donors (Lipinski definition) is 0. The number of benzene rings is 1. The molecule has 0 fully saturated rings. The first-order valence-corrected chi connectivity index (χ1v) is 5.36. The van der Waals surface area contributed by atoms with E-state index in [0.29, 0.717) is 5.92 Å². The minimum atomic E-state index is 0.0114. The van der Waals surface area contributed by atoms with Crippen molar-refractivity contribution in [3.63, 3.8) is 0 Å². The molecule has 0 saturated carbocycles. The predicted molar refractivity (Wildman–Crippen MR) is 64.5 cm³/mol. The lowest BCUT2D eigenvalue weighted by Gasteiger charge is -2.11. The van der Waals surface area contributed by atoms with Gasteiger partial charge in [0.1, 0.15) is 5.58 Å². The van der Waals surface area contributed by atoms with E-state index in [1.165, 1.54) is 5.56 Å². The van der Waals surface area contributed by atoms with Gasteiger partial charge in [-0.1, -0.05) is 32.7 Å². The highest BCUT2D eigenvalue weighted by Crippen LogP contribution is 2.29. The molecule has 2 aromatic rings. The Balaban J connectivity index is 2.69. The molecule has 0 saturated heterocycles. The molecule has 1 unspecified atom stereocenters.